The molecule has 0 saturated heterocycles. The standard InChI is InChI=1S/C25H15N2OSe.C5H8O2.Ir/c1-15-10-11-18-17-8-5-9-19(24(17)28-25(18)26-15)20-12-13-22-21(27-20)14-23(29-22)16-6-3-2-4-7-16;1-4(6)3-5(2)7;/h2-8,10-14H,1H3;3,6H,1-2H3;/q-1;;/b;4-3-;. The quantitative estimate of drug-likeness (QED) is 0.0914. The van der Waals surface area contributed by atoms with E-state index in [0.717, 1.165) is 38.8 Å². The predicted octanol–water partition coefficient (Wildman–Crippen LogP) is 7.06. The van der Waals surface area contributed by atoms with Crippen molar-refractivity contribution < 1.29 is 34.4 Å². The van der Waals surface area contributed by atoms with Gasteiger partial charge in [0.25, 0.3) is 0 Å². The summed E-state index contributed by atoms with van der Waals surface area (Å²) in [6, 6.07) is 28.4. The smallest absolute Gasteiger partial charge is 0 e. The zero-order valence-electron chi connectivity index (χ0n) is 20.4. The predicted molar refractivity (Wildman–Crippen MR) is 145 cm³/mol. The molecule has 6 aromatic rings. The van der Waals surface area contributed by atoms with Crippen molar-refractivity contribution in [3.05, 3.63) is 96.4 Å². The van der Waals surface area contributed by atoms with Gasteiger partial charge >= 0.3 is 173 Å². The van der Waals surface area contributed by atoms with Gasteiger partial charge < -0.3 is 5.11 Å². The van der Waals surface area contributed by atoms with Crippen LogP contribution in [0.1, 0.15) is 19.5 Å². The number of aliphatic hydroxyl groups excluding tert-OH is 1. The van der Waals surface area contributed by atoms with Crippen molar-refractivity contribution in [2.45, 2.75) is 20.8 Å². The van der Waals surface area contributed by atoms with Gasteiger partial charge in [0.2, 0.25) is 0 Å². The largest absolute Gasteiger partial charge is 0 e. The first-order valence-electron chi connectivity index (χ1n) is 11.4. The summed E-state index contributed by atoms with van der Waals surface area (Å²) >= 11 is 0.277. The van der Waals surface area contributed by atoms with Crippen molar-refractivity contribution in [1.82, 2.24) is 9.97 Å². The molecular weight excluding hydrogens is 708 g/mol. The molecule has 0 aliphatic heterocycles. The SMILES string of the molecule is CC(=O)/C=C(/C)O.Cc1ccc2c(n1)oc1c(-c3ccc4[se]c(-c5ccccc5)cc4n3)[c-]ccc12.[Ir]. The van der Waals surface area contributed by atoms with Crippen LogP contribution in [0.15, 0.2) is 89.0 Å². The molecule has 0 aliphatic rings. The molecule has 0 fully saturated rings. The Morgan fingerprint density at radius 1 is 1.00 bits per heavy atom. The molecule has 0 atom stereocenters. The van der Waals surface area contributed by atoms with Gasteiger partial charge in [0.1, 0.15) is 0 Å². The van der Waals surface area contributed by atoms with E-state index < -0.39 is 0 Å². The van der Waals surface area contributed by atoms with E-state index >= 15 is 0 Å². The van der Waals surface area contributed by atoms with E-state index in [-0.39, 0.29) is 46.2 Å². The van der Waals surface area contributed by atoms with Crippen LogP contribution in [-0.2, 0) is 24.9 Å². The minimum atomic E-state index is -0.125. The Bertz CT molecular complexity index is 1750. The van der Waals surface area contributed by atoms with Crippen molar-refractivity contribution in [3.63, 3.8) is 0 Å². The molecule has 0 saturated carbocycles. The normalized spacial score (nSPS) is 11.3. The second-order valence-electron chi connectivity index (χ2n) is 8.46. The molecule has 0 amide bonds. The summed E-state index contributed by atoms with van der Waals surface area (Å²) in [6.45, 7) is 4.82. The molecule has 1 radical (unpaired) electrons. The van der Waals surface area contributed by atoms with Crippen LogP contribution in [0.3, 0.4) is 0 Å². The van der Waals surface area contributed by atoms with Gasteiger partial charge in [0.15, 0.2) is 5.78 Å². The van der Waals surface area contributed by atoms with Gasteiger partial charge in [-0.1, -0.05) is 0 Å². The van der Waals surface area contributed by atoms with Crippen molar-refractivity contribution in [2.75, 3.05) is 0 Å². The van der Waals surface area contributed by atoms with Crippen molar-refractivity contribution >= 4 is 52.1 Å². The van der Waals surface area contributed by atoms with E-state index in [1.807, 2.05) is 25.1 Å². The molecule has 0 spiro atoms. The van der Waals surface area contributed by atoms with E-state index in [1.54, 1.807) is 0 Å². The maximum Gasteiger partial charge on any atom is 0 e. The van der Waals surface area contributed by atoms with Gasteiger partial charge in [0.05, 0.1) is 5.76 Å². The number of nitrogens with zero attached hydrogens (tertiary/aromatic N) is 2. The first-order chi connectivity index (χ1) is 17.4. The molecular formula is C30H23IrN2O3Se-. The van der Waals surface area contributed by atoms with Gasteiger partial charge in [0, 0.05) is 26.2 Å². The topological polar surface area (TPSA) is 76.2 Å². The van der Waals surface area contributed by atoms with Crippen molar-refractivity contribution in [1.29, 1.82) is 0 Å². The van der Waals surface area contributed by atoms with Crippen LogP contribution in [0.5, 0.6) is 0 Å². The number of rotatable bonds is 3. The van der Waals surface area contributed by atoms with Crippen LogP contribution >= 0.6 is 0 Å². The van der Waals surface area contributed by atoms with Gasteiger partial charge in [-0.15, -0.1) is 0 Å². The Kier molecular flexibility index (Phi) is 8.21. The molecule has 1 N–H and O–H groups in total. The number of furan rings is 1. The fraction of sp³-hybridized carbons (Fsp3) is 0.100. The van der Waals surface area contributed by atoms with Crippen LogP contribution in [0.25, 0.3) is 53.1 Å². The Morgan fingerprint density at radius 3 is 2.49 bits per heavy atom. The number of hydrogen-bond donors (Lipinski definition) is 1. The summed E-state index contributed by atoms with van der Waals surface area (Å²) in [5.74, 6) is -0.0625. The Labute approximate surface area is 234 Å². The zero-order chi connectivity index (χ0) is 25.2. The molecule has 0 aliphatic carbocycles. The molecule has 187 valence electrons. The van der Waals surface area contributed by atoms with Crippen molar-refractivity contribution in [2.24, 2.45) is 0 Å². The number of pyridine rings is 2. The molecule has 0 unspecified atom stereocenters. The number of carbonyl (C=O) groups is 1. The molecule has 37 heavy (non-hydrogen) atoms. The monoisotopic (exact) mass is 732 g/mol. The van der Waals surface area contributed by atoms with Crippen LogP contribution < -0.4 is 0 Å². The maximum atomic E-state index is 10.0. The fourth-order valence-electron chi connectivity index (χ4n) is 4.01. The number of benzene rings is 2. The van der Waals surface area contributed by atoms with Crippen LogP contribution in [0, 0.1) is 13.0 Å². The number of aryl methyl sites for hydroxylation is 1. The molecule has 5 nitrogen and oxygen atoms in total. The first-order valence-corrected chi connectivity index (χ1v) is 13.1. The molecule has 2 aromatic carbocycles. The number of aliphatic hydroxyl groups is 1. The minimum Gasteiger partial charge on any atom is 0 e. The molecule has 4 heterocycles. The maximum absolute atomic E-state index is 10.0. The summed E-state index contributed by atoms with van der Waals surface area (Å²) < 4.78 is 8.81. The number of carbonyl (C=O) groups excluding carboxylic acids is 1. The van der Waals surface area contributed by atoms with Gasteiger partial charge in [-0.2, -0.15) is 0 Å². The number of fused-ring (bicyclic) bond motifs is 4. The average molecular weight is 731 g/mol. The second kappa shape index (κ2) is 11.4. The molecule has 7 heteroatoms. The summed E-state index contributed by atoms with van der Waals surface area (Å²) in [4.78, 5) is 19.5. The Balaban J connectivity index is 0.000000356. The fourth-order valence-corrected chi connectivity index (χ4v) is 6.12. The van der Waals surface area contributed by atoms with Gasteiger partial charge in [-0.05, 0) is 13.8 Å². The van der Waals surface area contributed by atoms with Crippen LogP contribution in [0.2, 0.25) is 0 Å². The summed E-state index contributed by atoms with van der Waals surface area (Å²) in [7, 11) is 0. The van der Waals surface area contributed by atoms with E-state index in [0.29, 0.717) is 5.71 Å². The van der Waals surface area contributed by atoms with E-state index in [2.05, 4.69) is 65.6 Å². The molecule has 0 bridgehead atoms. The molecule has 6 rings (SSSR count). The first kappa shape index (κ1) is 26.7. The Hall–Kier alpha value is -3.34. The van der Waals surface area contributed by atoms with Crippen molar-refractivity contribution in [3.8, 4) is 21.3 Å². The minimum absolute atomic E-state index is 0. The third-order valence-corrected chi connectivity index (χ3v) is 7.93. The average Bonchev–Trinajstić information content (AvgIpc) is 3.44. The zero-order valence-corrected chi connectivity index (χ0v) is 24.5. The number of hydrogen-bond acceptors (Lipinski definition) is 5. The number of aromatic nitrogens is 2. The van der Waals surface area contributed by atoms with Crippen LogP contribution in [0.4, 0.5) is 0 Å². The van der Waals surface area contributed by atoms with E-state index in [9.17, 15) is 4.79 Å². The number of ketones is 1. The summed E-state index contributed by atoms with van der Waals surface area (Å²) in [6.07, 6.45) is 1.17. The summed E-state index contributed by atoms with van der Waals surface area (Å²) in [5.41, 5.74) is 6.50. The van der Waals surface area contributed by atoms with Crippen LogP contribution in [-0.4, -0.2) is 35.4 Å². The van der Waals surface area contributed by atoms with Gasteiger partial charge in [-0.3, -0.25) is 4.79 Å². The Morgan fingerprint density at radius 2 is 1.78 bits per heavy atom. The summed E-state index contributed by atoms with van der Waals surface area (Å²) in [5, 5.41) is 10.4. The molecule has 4 aromatic heterocycles. The third-order valence-electron chi connectivity index (χ3n) is 5.54. The second-order valence-corrected chi connectivity index (χ2v) is 10.7. The number of allylic oxidation sites excluding steroid dienone is 2. The van der Waals surface area contributed by atoms with Gasteiger partial charge in [-0.25, -0.2) is 0 Å². The van der Waals surface area contributed by atoms with E-state index in [1.165, 1.54) is 34.2 Å². The van der Waals surface area contributed by atoms with E-state index in [4.69, 9.17) is 14.5 Å². The third kappa shape index (κ3) is 5.81.